The highest BCUT2D eigenvalue weighted by molar-refractivity contribution is 7.84. The summed E-state index contributed by atoms with van der Waals surface area (Å²) in [5.74, 6) is 1.79. The molecule has 1 unspecified atom stereocenters. The van der Waals surface area contributed by atoms with E-state index in [1.54, 1.807) is 32.4 Å². The van der Waals surface area contributed by atoms with E-state index in [4.69, 9.17) is 21.1 Å². The van der Waals surface area contributed by atoms with E-state index in [0.717, 1.165) is 0 Å². The first-order valence-electron chi connectivity index (χ1n) is 6.54. The minimum Gasteiger partial charge on any atom is -0.497 e. The highest BCUT2D eigenvalue weighted by Gasteiger charge is 2.24. The summed E-state index contributed by atoms with van der Waals surface area (Å²) < 4.78 is 22.4. The molecule has 1 aliphatic rings. The summed E-state index contributed by atoms with van der Waals surface area (Å²) >= 11 is 6.22. The van der Waals surface area contributed by atoms with Crippen LogP contribution in [0.2, 0.25) is 5.02 Å². The third-order valence-electron chi connectivity index (χ3n) is 3.13. The molecule has 1 aromatic carbocycles. The minimum absolute atomic E-state index is 0.220. The fourth-order valence-corrected chi connectivity index (χ4v) is 2.62. The molecule has 1 aliphatic heterocycles. The molecule has 0 aliphatic carbocycles. The van der Waals surface area contributed by atoms with Crippen LogP contribution in [0.3, 0.4) is 0 Å². The van der Waals surface area contributed by atoms with Gasteiger partial charge in [0.2, 0.25) is 11.1 Å². The van der Waals surface area contributed by atoms with Gasteiger partial charge >= 0.3 is 0 Å². The van der Waals surface area contributed by atoms with Gasteiger partial charge in [-0.3, -0.25) is 4.21 Å². The van der Waals surface area contributed by atoms with Crippen LogP contribution in [-0.2, 0) is 10.8 Å². The summed E-state index contributed by atoms with van der Waals surface area (Å²) in [5, 5.41) is 6.56. The van der Waals surface area contributed by atoms with Crippen molar-refractivity contribution in [3.8, 4) is 11.5 Å². The first kappa shape index (κ1) is 15.7. The second-order valence-corrected chi connectivity index (χ2v) is 6.35. The molecular weight excluding hydrogens is 340 g/mol. The van der Waals surface area contributed by atoms with Crippen LogP contribution in [0.15, 0.2) is 34.7 Å². The van der Waals surface area contributed by atoms with Crippen molar-refractivity contribution in [3.63, 3.8) is 0 Å². The van der Waals surface area contributed by atoms with Crippen LogP contribution in [0.4, 0.5) is 5.82 Å². The topological polar surface area (TPSA) is 76.9 Å². The summed E-state index contributed by atoms with van der Waals surface area (Å²) in [7, 11) is 2.00. The summed E-state index contributed by atoms with van der Waals surface area (Å²) in [5.41, 5.74) is 0.590. The van der Waals surface area contributed by atoms with Crippen molar-refractivity contribution in [2.24, 2.45) is 5.10 Å². The molecular formula is C14H13ClN4O3S. The highest BCUT2D eigenvalue weighted by Crippen LogP contribution is 2.32. The standard InChI is InChI=1S/C14H13ClN4O3S/c1-19-12-11(7-16-14(17-12)23(3)20)22-13(18-19)9-6-8(21-2)4-5-10(9)15/h4-7H,1-3H3. The van der Waals surface area contributed by atoms with Gasteiger partial charge in [-0.1, -0.05) is 11.6 Å². The number of methoxy groups -OCH3 is 1. The molecule has 2 aromatic rings. The normalized spacial score (nSPS) is 14.6. The van der Waals surface area contributed by atoms with Gasteiger partial charge in [0, 0.05) is 13.3 Å². The molecule has 23 heavy (non-hydrogen) atoms. The zero-order valence-electron chi connectivity index (χ0n) is 12.6. The number of ether oxygens (including phenoxy) is 2. The number of aromatic nitrogens is 2. The van der Waals surface area contributed by atoms with Crippen LogP contribution in [0.25, 0.3) is 0 Å². The van der Waals surface area contributed by atoms with Gasteiger partial charge in [0.1, 0.15) is 5.75 Å². The molecule has 2 heterocycles. The SMILES string of the molecule is COc1ccc(Cl)c(C2=NN(C)c3nc(S(C)=O)ncc3O2)c1. The maximum absolute atomic E-state index is 11.5. The summed E-state index contributed by atoms with van der Waals surface area (Å²) in [6.45, 7) is 0. The summed E-state index contributed by atoms with van der Waals surface area (Å²) in [6.07, 6.45) is 2.98. The largest absolute Gasteiger partial charge is 0.497 e. The molecule has 1 aromatic heterocycles. The second kappa shape index (κ2) is 6.13. The van der Waals surface area contributed by atoms with Crippen LogP contribution in [-0.4, -0.2) is 40.5 Å². The lowest BCUT2D eigenvalue weighted by atomic mass is 10.2. The van der Waals surface area contributed by atoms with Gasteiger partial charge in [-0.25, -0.2) is 9.99 Å². The van der Waals surface area contributed by atoms with E-state index >= 15 is 0 Å². The Morgan fingerprint density at radius 3 is 2.87 bits per heavy atom. The predicted octanol–water partition coefficient (Wildman–Crippen LogP) is 2.07. The Balaban J connectivity index is 2.02. The number of anilines is 1. The number of hydrogen-bond acceptors (Lipinski definition) is 7. The number of nitrogens with zero attached hydrogens (tertiary/aromatic N) is 4. The minimum atomic E-state index is -1.29. The van der Waals surface area contributed by atoms with Crippen LogP contribution < -0.4 is 14.5 Å². The molecule has 3 rings (SSSR count). The number of hydrogen-bond donors (Lipinski definition) is 0. The van der Waals surface area contributed by atoms with E-state index in [1.807, 2.05) is 0 Å². The molecule has 1 atom stereocenters. The van der Waals surface area contributed by atoms with E-state index < -0.39 is 10.8 Å². The highest BCUT2D eigenvalue weighted by atomic mass is 35.5. The molecule has 0 spiro atoms. The van der Waals surface area contributed by atoms with E-state index in [-0.39, 0.29) is 5.16 Å². The lowest BCUT2D eigenvalue weighted by Crippen LogP contribution is -2.26. The van der Waals surface area contributed by atoms with Gasteiger partial charge in [0.15, 0.2) is 11.6 Å². The van der Waals surface area contributed by atoms with Crippen molar-refractivity contribution in [2.75, 3.05) is 25.4 Å². The molecule has 7 nitrogen and oxygen atoms in total. The molecule has 120 valence electrons. The molecule has 0 saturated heterocycles. The Morgan fingerprint density at radius 2 is 2.17 bits per heavy atom. The van der Waals surface area contributed by atoms with E-state index in [2.05, 4.69) is 15.1 Å². The van der Waals surface area contributed by atoms with Crippen LogP contribution in [0.1, 0.15) is 5.56 Å². The van der Waals surface area contributed by atoms with Gasteiger partial charge in [-0.15, -0.1) is 5.10 Å². The Kier molecular flexibility index (Phi) is 4.18. The molecule has 0 N–H and O–H groups in total. The fraction of sp³-hybridized carbons (Fsp3) is 0.214. The van der Waals surface area contributed by atoms with Crippen molar-refractivity contribution < 1.29 is 13.7 Å². The number of halogens is 1. The van der Waals surface area contributed by atoms with Crippen molar-refractivity contribution in [3.05, 3.63) is 35.0 Å². The average Bonchev–Trinajstić information content (AvgIpc) is 2.54. The average molecular weight is 353 g/mol. The van der Waals surface area contributed by atoms with Crippen molar-refractivity contribution in [2.45, 2.75) is 5.16 Å². The zero-order valence-corrected chi connectivity index (χ0v) is 14.2. The number of fused-ring (bicyclic) bond motifs is 1. The molecule has 0 amide bonds. The maximum atomic E-state index is 11.5. The number of hydrazone groups is 1. The molecule has 0 bridgehead atoms. The van der Waals surface area contributed by atoms with E-state index in [0.29, 0.717) is 33.8 Å². The quantitative estimate of drug-likeness (QED) is 0.787. The summed E-state index contributed by atoms with van der Waals surface area (Å²) in [4.78, 5) is 8.24. The van der Waals surface area contributed by atoms with Crippen LogP contribution in [0, 0.1) is 0 Å². The lowest BCUT2D eigenvalue weighted by molar-refractivity contribution is 0.414. The third-order valence-corrected chi connectivity index (χ3v) is 4.17. The summed E-state index contributed by atoms with van der Waals surface area (Å²) in [6, 6.07) is 5.19. The molecule has 0 radical (unpaired) electrons. The first-order valence-corrected chi connectivity index (χ1v) is 8.47. The monoisotopic (exact) mass is 352 g/mol. The van der Waals surface area contributed by atoms with Crippen LogP contribution in [0.5, 0.6) is 11.5 Å². The molecule has 9 heteroatoms. The van der Waals surface area contributed by atoms with Gasteiger partial charge in [0.05, 0.1) is 34.7 Å². The van der Waals surface area contributed by atoms with Gasteiger partial charge < -0.3 is 9.47 Å². The predicted molar refractivity (Wildman–Crippen MR) is 87.9 cm³/mol. The second-order valence-electron chi connectivity index (χ2n) is 4.67. The molecule has 0 fully saturated rings. The van der Waals surface area contributed by atoms with Crippen LogP contribution >= 0.6 is 11.6 Å². The maximum Gasteiger partial charge on any atom is 0.245 e. The Morgan fingerprint density at radius 1 is 1.39 bits per heavy atom. The first-order chi connectivity index (χ1) is 11.0. The number of benzene rings is 1. The number of rotatable bonds is 3. The van der Waals surface area contributed by atoms with Crippen molar-refractivity contribution >= 4 is 34.1 Å². The van der Waals surface area contributed by atoms with Crippen molar-refractivity contribution in [1.29, 1.82) is 0 Å². The van der Waals surface area contributed by atoms with Gasteiger partial charge in [-0.05, 0) is 18.2 Å². The Labute approximate surface area is 140 Å². The van der Waals surface area contributed by atoms with E-state index in [1.165, 1.54) is 17.5 Å². The zero-order chi connectivity index (χ0) is 16.6. The fourth-order valence-electron chi connectivity index (χ4n) is 2.00. The third kappa shape index (κ3) is 2.99. The molecule has 0 saturated carbocycles. The lowest BCUT2D eigenvalue weighted by Gasteiger charge is -2.23. The van der Waals surface area contributed by atoms with Crippen molar-refractivity contribution in [1.82, 2.24) is 9.97 Å². The van der Waals surface area contributed by atoms with Gasteiger partial charge in [0.25, 0.3) is 0 Å². The van der Waals surface area contributed by atoms with E-state index in [9.17, 15) is 4.21 Å². The Bertz CT molecular complexity index is 828. The van der Waals surface area contributed by atoms with Gasteiger partial charge in [-0.2, -0.15) is 4.98 Å². The smallest absolute Gasteiger partial charge is 0.245 e. The Hall–Kier alpha value is -2.19.